The summed E-state index contributed by atoms with van der Waals surface area (Å²) in [5.41, 5.74) is 1.72. The number of fused-ring (bicyclic) bond motifs is 1. The Hall–Kier alpha value is -2.80. The standard InChI is InChI=1S/C17H16ClN3O4/c18-12-1-6-15-11(9-12)10-16(25-15)17(22)20-8-7-19-13-2-4-14(5-3-13)21(23)24/h1-6,9,16,19H,7-8,10H2,(H,20,22). The number of carbonyl (C=O) groups excluding carboxylic acids is 1. The molecule has 1 aliphatic heterocycles. The lowest BCUT2D eigenvalue weighted by atomic mass is 10.1. The van der Waals surface area contributed by atoms with E-state index in [1.54, 1.807) is 30.3 Å². The zero-order valence-electron chi connectivity index (χ0n) is 13.2. The Kier molecular flexibility index (Phi) is 5.04. The van der Waals surface area contributed by atoms with Gasteiger partial charge in [0.15, 0.2) is 6.10 Å². The normalized spacial score (nSPS) is 15.2. The maximum Gasteiger partial charge on any atom is 0.269 e. The van der Waals surface area contributed by atoms with Gasteiger partial charge in [-0.05, 0) is 35.9 Å². The van der Waals surface area contributed by atoms with Crippen LogP contribution in [0.15, 0.2) is 42.5 Å². The third kappa shape index (κ3) is 4.19. The Bertz CT molecular complexity index is 795. The molecule has 2 N–H and O–H groups in total. The molecule has 0 saturated carbocycles. The van der Waals surface area contributed by atoms with Gasteiger partial charge in [0.25, 0.3) is 11.6 Å². The fourth-order valence-corrected chi connectivity index (χ4v) is 2.77. The number of benzene rings is 2. The number of hydrogen-bond acceptors (Lipinski definition) is 5. The van der Waals surface area contributed by atoms with E-state index in [1.165, 1.54) is 12.1 Å². The second-order valence-electron chi connectivity index (χ2n) is 5.58. The van der Waals surface area contributed by atoms with Crippen LogP contribution in [0.3, 0.4) is 0 Å². The van der Waals surface area contributed by atoms with E-state index >= 15 is 0 Å². The number of nitrogens with zero attached hydrogens (tertiary/aromatic N) is 1. The Balaban J connectivity index is 1.42. The molecule has 0 saturated heterocycles. The van der Waals surface area contributed by atoms with Gasteiger partial charge in [0.2, 0.25) is 0 Å². The van der Waals surface area contributed by atoms with E-state index in [9.17, 15) is 14.9 Å². The third-order valence-electron chi connectivity index (χ3n) is 3.82. The minimum absolute atomic E-state index is 0.0388. The molecule has 1 unspecified atom stereocenters. The van der Waals surface area contributed by atoms with Crippen molar-refractivity contribution in [2.24, 2.45) is 0 Å². The number of nitrogens with one attached hydrogen (secondary N) is 2. The number of nitro benzene ring substituents is 1. The molecule has 130 valence electrons. The molecule has 1 aliphatic rings. The van der Waals surface area contributed by atoms with Crippen molar-refractivity contribution in [3.63, 3.8) is 0 Å². The van der Waals surface area contributed by atoms with Crippen LogP contribution < -0.4 is 15.4 Å². The van der Waals surface area contributed by atoms with E-state index in [1.807, 2.05) is 0 Å². The molecule has 1 heterocycles. The predicted octanol–water partition coefficient (Wildman–Crippen LogP) is 2.78. The highest BCUT2D eigenvalue weighted by Gasteiger charge is 2.28. The van der Waals surface area contributed by atoms with Crippen LogP contribution in [0.25, 0.3) is 0 Å². The first kappa shape index (κ1) is 17.0. The van der Waals surface area contributed by atoms with Crippen molar-refractivity contribution >= 4 is 28.9 Å². The first-order chi connectivity index (χ1) is 12.0. The molecule has 0 aromatic heterocycles. The number of ether oxygens (including phenoxy) is 1. The lowest BCUT2D eigenvalue weighted by molar-refractivity contribution is -0.384. The monoisotopic (exact) mass is 361 g/mol. The van der Waals surface area contributed by atoms with Crippen molar-refractivity contribution in [1.82, 2.24) is 5.32 Å². The minimum Gasteiger partial charge on any atom is -0.480 e. The van der Waals surface area contributed by atoms with Gasteiger partial charge in [-0.1, -0.05) is 11.6 Å². The van der Waals surface area contributed by atoms with Crippen molar-refractivity contribution in [2.45, 2.75) is 12.5 Å². The van der Waals surface area contributed by atoms with Crippen LogP contribution in [0.5, 0.6) is 5.75 Å². The third-order valence-corrected chi connectivity index (χ3v) is 4.06. The molecule has 0 spiro atoms. The smallest absolute Gasteiger partial charge is 0.269 e. The molecule has 0 fully saturated rings. The molecule has 0 bridgehead atoms. The summed E-state index contributed by atoms with van der Waals surface area (Å²) in [7, 11) is 0. The lowest BCUT2D eigenvalue weighted by Crippen LogP contribution is -2.39. The zero-order valence-corrected chi connectivity index (χ0v) is 14.0. The van der Waals surface area contributed by atoms with Crippen LogP contribution in [0.1, 0.15) is 5.56 Å². The molecule has 2 aromatic rings. The highest BCUT2D eigenvalue weighted by atomic mass is 35.5. The van der Waals surface area contributed by atoms with Crippen LogP contribution in [-0.4, -0.2) is 30.0 Å². The van der Waals surface area contributed by atoms with Gasteiger partial charge in [-0.25, -0.2) is 0 Å². The van der Waals surface area contributed by atoms with E-state index < -0.39 is 11.0 Å². The van der Waals surface area contributed by atoms with Crippen molar-refractivity contribution in [3.05, 3.63) is 63.2 Å². The van der Waals surface area contributed by atoms with Crippen molar-refractivity contribution in [1.29, 1.82) is 0 Å². The van der Waals surface area contributed by atoms with Crippen LogP contribution in [0.4, 0.5) is 11.4 Å². The van der Waals surface area contributed by atoms with Gasteiger partial charge in [0, 0.05) is 42.4 Å². The molecule has 1 atom stereocenters. The first-order valence-electron chi connectivity index (χ1n) is 7.74. The number of amides is 1. The molecule has 2 aromatic carbocycles. The summed E-state index contributed by atoms with van der Waals surface area (Å²) in [6.45, 7) is 0.905. The van der Waals surface area contributed by atoms with Gasteiger partial charge in [0.1, 0.15) is 5.75 Å². The summed E-state index contributed by atoms with van der Waals surface area (Å²) in [5, 5.41) is 17.1. The van der Waals surface area contributed by atoms with E-state index in [2.05, 4.69) is 10.6 Å². The van der Waals surface area contributed by atoms with Gasteiger partial charge < -0.3 is 15.4 Å². The van der Waals surface area contributed by atoms with Crippen LogP contribution in [0, 0.1) is 10.1 Å². The Labute approximate surface area is 149 Å². The molecule has 8 heteroatoms. The molecule has 25 heavy (non-hydrogen) atoms. The SMILES string of the molecule is O=C(NCCNc1ccc([N+](=O)[O-])cc1)C1Cc2cc(Cl)ccc2O1. The summed E-state index contributed by atoms with van der Waals surface area (Å²) < 4.78 is 5.62. The number of rotatable bonds is 6. The highest BCUT2D eigenvalue weighted by Crippen LogP contribution is 2.31. The highest BCUT2D eigenvalue weighted by molar-refractivity contribution is 6.30. The maximum atomic E-state index is 12.2. The topological polar surface area (TPSA) is 93.5 Å². The molecular weight excluding hydrogens is 346 g/mol. The number of halogens is 1. The molecule has 3 rings (SSSR count). The largest absolute Gasteiger partial charge is 0.480 e. The van der Waals surface area contributed by atoms with Crippen LogP contribution >= 0.6 is 11.6 Å². The fourth-order valence-electron chi connectivity index (χ4n) is 2.57. The molecule has 0 radical (unpaired) electrons. The maximum absolute atomic E-state index is 12.2. The second kappa shape index (κ2) is 7.40. The summed E-state index contributed by atoms with van der Waals surface area (Å²) in [5.74, 6) is 0.506. The summed E-state index contributed by atoms with van der Waals surface area (Å²) >= 11 is 5.94. The molecule has 7 nitrogen and oxygen atoms in total. The van der Waals surface area contributed by atoms with Crippen molar-refractivity contribution in [3.8, 4) is 5.75 Å². The first-order valence-corrected chi connectivity index (χ1v) is 8.12. The van der Waals surface area contributed by atoms with Crippen molar-refractivity contribution in [2.75, 3.05) is 18.4 Å². The Morgan fingerprint density at radius 3 is 2.72 bits per heavy atom. The van der Waals surface area contributed by atoms with E-state index in [0.29, 0.717) is 30.3 Å². The molecule has 0 aliphatic carbocycles. The molecule has 1 amide bonds. The Morgan fingerprint density at radius 1 is 1.24 bits per heavy atom. The van der Waals surface area contributed by atoms with E-state index in [0.717, 1.165) is 11.3 Å². The predicted molar refractivity (Wildman–Crippen MR) is 94.2 cm³/mol. The lowest BCUT2D eigenvalue weighted by Gasteiger charge is -2.12. The fraction of sp³-hybridized carbons (Fsp3) is 0.235. The van der Waals surface area contributed by atoms with E-state index in [4.69, 9.17) is 16.3 Å². The van der Waals surface area contributed by atoms with E-state index in [-0.39, 0.29) is 11.6 Å². The quantitative estimate of drug-likeness (QED) is 0.469. The van der Waals surface area contributed by atoms with Crippen LogP contribution in [-0.2, 0) is 11.2 Å². The zero-order chi connectivity index (χ0) is 17.8. The number of non-ortho nitro benzene ring substituents is 1. The van der Waals surface area contributed by atoms with Gasteiger partial charge in [-0.2, -0.15) is 0 Å². The minimum atomic E-state index is -0.548. The average molecular weight is 362 g/mol. The number of hydrogen-bond donors (Lipinski definition) is 2. The number of nitro groups is 1. The number of carbonyl (C=O) groups is 1. The Morgan fingerprint density at radius 2 is 2.00 bits per heavy atom. The van der Waals surface area contributed by atoms with Gasteiger partial charge in [-0.3, -0.25) is 14.9 Å². The summed E-state index contributed by atoms with van der Waals surface area (Å²) in [6.07, 6.45) is -0.0508. The van der Waals surface area contributed by atoms with Gasteiger partial charge in [0.05, 0.1) is 4.92 Å². The van der Waals surface area contributed by atoms with Gasteiger partial charge in [-0.15, -0.1) is 0 Å². The summed E-state index contributed by atoms with van der Waals surface area (Å²) in [6, 6.07) is 11.4. The van der Waals surface area contributed by atoms with Crippen molar-refractivity contribution < 1.29 is 14.5 Å². The van der Waals surface area contributed by atoms with Gasteiger partial charge >= 0.3 is 0 Å². The number of anilines is 1. The second-order valence-corrected chi connectivity index (χ2v) is 6.02. The van der Waals surface area contributed by atoms with Crippen LogP contribution in [0.2, 0.25) is 5.02 Å². The molecular formula is C17H16ClN3O4. The average Bonchev–Trinajstić information content (AvgIpc) is 3.02. The summed E-state index contributed by atoms with van der Waals surface area (Å²) in [4.78, 5) is 22.3.